The molecule has 0 unspecified atom stereocenters. The van der Waals surface area contributed by atoms with E-state index in [1.807, 2.05) is 13.0 Å². The minimum absolute atomic E-state index is 0.0300. The van der Waals surface area contributed by atoms with E-state index in [9.17, 15) is 13.2 Å². The normalized spacial score (nSPS) is 16.5. The molecule has 1 aliphatic heterocycles. The summed E-state index contributed by atoms with van der Waals surface area (Å²) in [7, 11) is -4.05. The van der Waals surface area contributed by atoms with Crippen molar-refractivity contribution in [3.05, 3.63) is 48.2 Å². The first-order valence-corrected chi connectivity index (χ1v) is 9.86. The third-order valence-corrected chi connectivity index (χ3v) is 7.06. The fraction of sp³-hybridized carbons (Fsp3) is 0.333. The summed E-state index contributed by atoms with van der Waals surface area (Å²) in [4.78, 5) is 16.4. The highest BCUT2D eigenvalue weighted by atomic mass is 32.2. The highest BCUT2D eigenvalue weighted by Crippen LogP contribution is 2.36. The fourth-order valence-corrected chi connectivity index (χ4v) is 4.97. The maximum absolute atomic E-state index is 13.1. The van der Waals surface area contributed by atoms with Crippen LogP contribution < -0.4 is 10.2 Å². The van der Waals surface area contributed by atoms with Gasteiger partial charge in [0.05, 0.1) is 4.90 Å². The van der Waals surface area contributed by atoms with Crippen molar-refractivity contribution in [2.45, 2.75) is 29.4 Å². The molecule has 1 aromatic heterocycles. The lowest BCUT2D eigenvalue weighted by Crippen LogP contribution is -2.54. The van der Waals surface area contributed by atoms with Crippen molar-refractivity contribution in [3.8, 4) is 11.6 Å². The van der Waals surface area contributed by atoms with Gasteiger partial charge < -0.3 is 9.47 Å². The largest absolute Gasteiger partial charge is 0.439 e. The number of pyridine rings is 1. The Morgan fingerprint density at radius 2 is 1.85 bits per heavy atom. The van der Waals surface area contributed by atoms with Gasteiger partial charge in [0, 0.05) is 25.0 Å². The zero-order valence-corrected chi connectivity index (χ0v) is 15.5. The molecule has 144 valence electrons. The zero-order chi connectivity index (χ0) is 19.5. The molecule has 1 saturated heterocycles. The average Bonchev–Trinajstić information content (AvgIpc) is 2.68. The molecule has 27 heavy (non-hydrogen) atoms. The summed E-state index contributed by atoms with van der Waals surface area (Å²) >= 11 is 0. The van der Waals surface area contributed by atoms with Crippen LogP contribution in [-0.4, -0.2) is 42.5 Å². The van der Waals surface area contributed by atoms with Crippen molar-refractivity contribution in [2.75, 3.05) is 13.2 Å². The molecule has 0 spiro atoms. The Morgan fingerprint density at radius 3 is 2.44 bits per heavy atom. The Labute approximate surface area is 157 Å². The lowest BCUT2D eigenvalue weighted by molar-refractivity contribution is -0.134. The maximum Gasteiger partial charge on any atom is 0.265 e. The van der Waals surface area contributed by atoms with Gasteiger partial charge >= 0.3 is 0 Å². The van der Waals surface area contributed by atoms with Gasteiger partial charge in [-0.15, -0.1) is 0 Å². The number of nitrogens with zero attached hydrogens (tertiary/aromatic N) is 1. The van der Waals surface area contributed by atoms with Crippen molar-refractivity contribution in [2.24, 2.45) is 0 Å². The number of aromatic nitrogens is 1. The Hall–Kier alpha value is -2.49. The third-order valence-electron chi connectivity index (χ3n) is 4.55. The van der Waals surface area contributed by atoms with Gasteiger partial charge in [-0.3, -0.25) is 10.0 Å². The number of amides is 1. The number of ether oxygens (including phenoxy) is 2. The van der Waals surface area contributed by atoms with Crippen molar-refractivity contribution < 1.29 is 27.9 Å². The van der Waals surface area contributed by atoms with Gasteiger partial charge in [-0.25, -0.2) is 18.9 Å². The summed E-state index contributed by atoms with van der Waals surface area (Å²) in [6.45, 7) is 2.07. The lowest BCUT2D eigenvalue weighted by Gasteiger charge is -2.34. The van der Waals surface area contributed by atoms with Crippen LogP contribution in [0.3, 0.4) is 0 Å². The first kappa shape index (κ1) is 19.3. The maximum atomic E-state index is 13.1. The Bertz CT molecular complexity index is 921. The minimum atomic E-state index is -4.05. The summed E-state index contributed by atoms with van der Waals surface area (Å²) in [5.74, 6) is -0.138. The molecule has 3 rings (SSSR count). The average molecular weight is 392 g/mol. The molecule has 0 bridgehead atoms. The number of rotatable bonds is 5. The summed E-state index contributed by atoms with van der Waals surface area (Å²) in [6, 6.07) is 11.1. The predicted molar refractivity (Wildman–Crippen MR) is 95.4 cm³/mol. The molecule has 2 heterocycles. The zero-order valence-electron chi connectivity index (χ0n) is 14.7. The monoisotopic (exact) mass is 392 g/mol. The smallest absolute Gasteiger partial charge is 0.265 e. The van der Waals surface area contributed by atoms with Crippen molar-refractivity contribution in [1.29, 1.82) is 0 Å². The van der Waals surface area contributed by atoms with Crippen LogP contribution in [0.4, 0.5) is 0 Å². The number of hydrogen-bond acceptors (Lipinski definition) is 7. The van der Waals surface area contributed by atoms with Gasteiger partial charge in [-0.05, 0) is 50.1 Å². The number of hydroxylamine groups is 1. The number of carbonyl (C=O) groups is 1. The molecule has 0 saturated carbocycles. The molecule has 2 N–H and O–H groups in total. The van der Waals surface area contributed by atoms with Gasteiger partial charge in [-0.2, -0.15) is 0 Å². The molecule has 0 aliphatic carbocycles. The first-order chi connectivity index (χ1) is 12.9. The van der Waals surface area contributed by atoms with Crippen LogP contribution in [0.15, 0.2) is 47.4 Å². The standard InChI is InChI=1S/C18H20N2O6S/c1-13-3-2-4-16(19-13)26-14-5-7-15(8-6-14)27(23,24)18(17(21)20-22)9-11-25-12-10-18/h2-8,22H,9-12H2,1H3,(H,20,21). The van der Waals surface area contributed by atoms with E-state index in [0.29, 0.717) is 11.6 Å². The number of aryl methyl sites for hydroxylation is 1. The van der Waals surface area contributed by atoms with Crippen LogP contribution in [0, 0.1) is 6.92 Å². The van der Waals surface area contributed by atoms with E-state index in [2.05, 4.69) is 4.98 Å². The second-order valence-corrected chi connectivity index (χ2v) is 8.50. The van der Waals surface area contributed by atoms with Gasteiger partial charge in [0.2, 0.25) is 5.88 Å². The highest BCUT2D eigenvalue weighted by Gasteiger charge is 2.52. The molecule has 2 aromatic rings. The van der Waals surface area contributed by atoms with Gasteiger partial charge in [-0.1, -0.05) is 6.07 Å². The lowest BCUT2D eigenvalue weighted by atomic mass is 9.98. The number of sulfone groups is 1. The van der Waals surface area contributed by atoms with Crippen LogP contribution in [0.1, 0.15) is 18.5 Å². The number of hydrogen-bond donors (Lipinski definition) is 2. The number of nitrogens with one attached hydrogen (secondary N) is 1. The predicted octanol–water partition coefficient (Wildman–Crippen LogP) is 2.01. The number of carbonyl (C=O) groups excluding carboxylic acids is 1. The van der Waals surface area contributed by atoms with Crippen LogP contribution in [0.5, 0.6) is 11.6 Å². The van der Waals surface area contributed by atoms with Crippen molar-refractivity contribution in [3.63, 3.8) is 0 Å². The minimum Gasteiger partial charge on any atom is -0.439 e. The second kappa shape index (κ2) is 7.63. The molecule has 0 radical (unpaired) electrons. The molecule has 1 fully saturated rings. The van der Waals surface area contributed by atoms with Crippen LogP contribution in [0.2, 0.25) is 0 Å². The second-order valence-electron chi connectivity index (χ2n) is 6.24. The SMILES string of the molecule is Cc1cccc(Oc2ccc(S(=O)(=O)C3(C(=O)NO)CCOCC3)cc2)n1. The number of benzene rings is 1. The highest BCUT2D eigenvalue weighted by molar-refractivity contribution is 7.93. The van der Waals surface area contributed by atoms with E-state index in [-0.39, 0.29) is 31.0 Å². The van der Waals surface area contributed by atoms with E-state index >= 15 is 0 Å². The van der Waals surface area contributed by atoms with Crippen molar-refractivity contribution >= 4 is 15.7 Å². The van der Waals surface area contributed by atoms with Crippen LogP contribution in [0.25, 0.3) is 0 Å². The van der Waals surface area contributed by atoms with Gasteiger partial charge in [0.25, 0.3) is 5.91 Å². The van der Waals surface area contributed by atoms with E-state index in [1.54, 1.807) is 12.1 Å². The quantitative estimate of drug-likeness (QED) is 0.591. The fourth-order valence-electron chi connectivity index (χ4n) is 3.03. The molecule has 1 amide bonds. The molecule has 1 aromatic carbocycles. The summed E-state index contributed by atoms with van der Waals surface area (Å²) in [6.07, 6.45) is -0.0691. The van der Waals surface area contributed by atoms with Crippen LogP contribution >= 0.6 is 0 Å². The summed E-state index contributed by atoms with van der Waals surface area (Å²) in [5, 5.41) is 9.06. The summed E-state index contributed by atoms with van der Waals surface area (Å²) in [5.41, 5.74) is 2.29. The third kappa shape index (κ3) is 3.66. The van der Waals surface area contributed by atoms with E-state index in [1.165, 1.54) is 29.7 Å². The Kier molecular flexibility index (Phi) is 5.45. The van der Waals surface area contributed by atoms with Gasteiger partial charge in [0.1, 0.15) is 5.75 Å². The molecule has 0 atom stereocenters. The molecule has 1 aliphatic rings. The van der Waals surface area contributed by atoms with Crippen LogP contribution in [-0.2, 0) is 19.4 Å². The molecular formula is C18H20N2O6S. The first-order valence-electron chi connectivity index (χ1n) is 8.37. The van der Waals surface area contributed by atoms with Gasteiger partial charge in [0.15, 0.2) is 14.6 Å². The van der Waals surface area contributed by atoms with Crippen molar-refractivity contribution in [1.82, 2.24) is 10.5 Å². The molecular weight excluding hydrogens is 372 g/mol. The molecule has 9 heteroatoms. The Morgan fingerprint density at radius 1 is 1.19 bits per heavy atom. The van der Waals surface area contributed by atoms with E-state index in [4.69, 9.17) is 14.7 Å². The topological polar surface area (TPSA) is 115 Å². The summed E-state index contributed by atoms with van der Waals surface area (Å²) < 4.78 is 35.3. The molecule has 8 nitrogen and oxygen atoms in total. The van der Waals surface area contributed by atoms with E-state index < -0.39 is 20.5 Å². The van der Waals surface area contributed by atoms with E-state index in [0.717, 1.165) is 5.69 Å². The Balaban J connectivity index is 1.89.